The van der Waals surface area contributed by atoms with Gasteiger partial charge >= 0.3 is 0 Å². The Hall–Kier alpha value is -2.80. The van der Waals surface area contributed by atoms with Crippen molar-refractivity contribution in [1.29, 1.82) is 0 Å². The fraction of sp³-hybridized carbons (Fsp3) is 0.222. The van der Waals surface area contributed by atoms with E-state index >= 15 is 0 Å². The molecule has 0 bridgehead atoms. The molecule has 2 aromatic heterocycles. The zero-order valence-corrected chi connectivity index (χ0v) is 14.5. The monoisotopic (exact) mass is 371 g/mol. The highest BCUT2D eigenvalue weighted by Gasteiger charge is 2.25. The molecule has 1 aromatic carbocycles. The summed E-state index contributed by atoms with van der Waals surface area (Å²) in [5, 5.41) is 0.761. The predicted molar refractivity (Wildman–Crippen MR) is 96.9 cm³/mol. The molecule has 3 aromatic rings. The topological polar surface area (TPSA) is 62.2 Å². The molecule has 6 nitrogen and oxygen atoms in total. The Kier molecular flexibility index (Phi) is 4.38. The first kappa shape index (κ1) is 16.7. The van der Waals surface area contributed by atoms with E-state index in [0.717, 1.165) is 0 Å². The van der Waals surface area contributed by atoms with Gasteiger partial charge in [-0.25, -0.2) is 19.3 Å². The number of benzene rings is 1. The second-order valence-corrected chi connectivity index (χ2v) is 6.35. The van der Waals surface area contributed by atoms with Crippen molar-refractivity contribution in [3.05, 3.63) is 59.3 Å². The Morgan fingerprint density at radius 3 is 2.54 bits per heavy atom. The summed E-state index contributed by atoms with van der Waals surface area (Å²) >= 11 is 6.18. The summed E-state index contributed by atoms with van der Waals surface area (Å²) < 4.78 is 13.3. The third-order valence-electron chi connectivity index (χ3n) is 4.37. The number of piperazine rings is 1. The molecule has 0 saturated carbocycles. The molecule has 8 heteroatoms. The molecule has 3 heterocycles. The van der Waals surface area contributed by atoms with Crippen LogP contribution in [0.15, 0.2) is 42.7 Å². The van der Waals surface area contributed by atoms with E-state index in [1.165, 1.54) is 12.1 Å². The van der Waals surface area contributed by atoms with Gasteiger partial charge < -0.3 is 9.80 Å². The Morgan fingerprint density at radius 2 is 1.81 bits per heavy atom. The fourth-order valence-corrected chi connectivity index (χ4v) is 3.23. The zero-order valence-electron chi connectivity index (χ0n) is 13.8. The lowest BCUT2D eigenvalue weighted by atomic mass is 10.1. The summed E-state index contributed by atoms with van der Waals surface area (Å²) in [6.07, 6.45) is 3.40. The quantitative estimate of drug-likeness (QED) is 0.648. The molecular weight excluding hydrogens is 357 g/mol. The Labute approximate surface area is 154 Å². The lowest BCUT2D eigenvalue weighted by Gasteiger charge is -2.34. The second kappa shape index (κ2) is 6.84. The second-order valence-electron chi connectivity index (χ2n) is 5.99. The van der Waals surface area contributed by atoms with Crippen molar-refractivity contribution >= 4 is 34.4 Å². The van der Waals surface area contributed by atoms with Gasteiger partial charge in [0.15, 0.2) is 0 Å². The Balaban J connectivity index is 1.52. The van der Waals surface area contributed by atoms with E-state index in [1.54, 1.807) is 35.5 Å². The molecule has 132 valence electrons. The van der Waals surface area contributed by atoms with Crippen molar-refractivity contribution in [2.24, 2.45) is 0 Å². The van der Waals surface area contributed by atoms with Crippen LogP contribution >= 0.6 is 11.6 Å². The van der Waals surface area contributed by atoms with Crippen molar-refractivity contribution < 1.29 is 9.18 Å². The van der Waals surface area contributed by atoms with Gasteiger partial charge in [0.05, 0.1) is 11.1 Å². The van der Waals surface area contributed by atoms with Gasteiger partial charge in [0.25, 0.3) is 5.91 Å². The first-order valence-corrected chi connectivity index (χ1v) is 8.57. The van der Waals surface area contributed by atoms with Crippen LogP contribution in [0.25, 0.3) is 10.9 Å². The van der Waals surface area contributed by atoms with Crippen molar-refractivity contribution in [2.45, 2.75) is 0 Å². The normalized spacial score (nSPS) is 14.7. The number of halogens is 2. The molecule has 1 fully saturated rings. The van der Waals surface area contributed by atoms with Crippen LogP contribution in [0.2, 0.25) is 5.15 Å². The zero-order chi connectivity index (χ0) is 18.1. The minimum Gasteiger partial charge on any atom is -0.337 e. The van der Waals surface area contributed by atoms with Crippen LogP contribution < -0.4 is 4.90 Å². The van der Waals surface area contributed by atoms with Crippen LogP contribution in [0.4, 0.5) is 10.3 Å². The van der Waals surface area contributed by atoms with Gasteiger partial charge in [0.2, 0.25) is 5.95 Å². The van der Waals surface area contributed by atoms with Gasteiger partial charge in [0.1, 0.15) is 11.0 Å². The maximum absolute atomic E-state index is 13.3. The van der Waals surface area contributed by atoms with Crippen molar-refractivity contribution in [3.63, 3.8) is 0 Å². The van der Waals surface area contributed by atoms with Crippen LogP contribution in [0, 0.1) is 5.82 Å². The van der Waals surface area contributed by atoms with E-state index < -0.39 is 0 Å². The average Bonchev–Trinajstić information content (AvgIpc) is 2.68. The fourth-order valence-electron chi connectivity index (χ4n) is 3.00. The number of pyridine rings is 1. The molecule has 4 rings (SSSR count). The van der Waals surface area contributed by atoms with Crippen molar-refractivity contribution in [1.82, 2.24) is 19.9 Å². The summed E-state index contributed by atoms with van der Waals surface area (Å²) in [6, 6.07) is 7.66. The van der Waals surface area contributed by atoms with Gasteiger partial charge in [-0.2, -0.15) is 0 Å². The SMILES string of the molecule is O=C(c1cc2ccc(F)cc2nc1Cl)N1CCN(c2ncccn2)CC1. The predicted octanol–water partition coefficient (Wildman–Crippen LogP) is 2.78. The molecule has 0 spiro atoms. The molecule has 1 aliphatic heterocycles. The number of fused-ring (bicyclic) bond motifs is 1. The highest BCUT2D eigenvalue weighted by molar-refractivity contribution is 6.33. The van der Waals surface area contributed by atoms with Crippen molar-refractivity contribution in [2.75, 3.05) is 31.1 Å². The summed E-state index contributed by atoms with van der Waals surface area (Å²) in [4.78, 5) is 29.3. The number of amides is 1. The number of rotatable bonds is 2. The van der Waals surface area contributed by atoms with E-state index in [1.807, 2.05) is 4.90 Å². The molecule has 1 aliphatic rings. The van der Waals surface area contributed by atoms with E-state index in [0.29, 0.717) is 48.6 Å². The highest BCUT2D eigenvalue weighted by atomic mass is 35.5. The van der Waals surface area contributed by atoms with Gasteiger partial charge in [-0.1, -0.05) is 11.6 Å². The van der Waals surface area contributed by atoms with Gasteiger partial charge in [-0.3, -0.25) is 4.79 Å². The smallest absolute Gasteiger partial charge is 0.257 e. The molecular formula is C18H15ClFN5O. The number of carbonyl (C=O) groups is 1. The lowest BCUT2D eigenvalue weighted by Crippen LogP contribution is -2.49. The number of carbonyl (C=O) groups excluding carboxylic acids is 1. The molecule has 0 atom stereocenters. The van der Waals surface area contributed by atoms with E-state index in [2.05, 4.69) is 15.0 Å². The average molecular weight is 372 g/mol. The van der Waals surface area contributed by atoms with Crippen LogP contribution in [-0.4, -0.2) is 51.9 Å². The number of nitrogens with zero attached hydrogens (tertiary/aromatic N) is 5. The van der Waals surface area contributed by atoms with Gasteiger partial charge in [-0.05, 0) is 24.3 Å². The maximum Gasteiger partial charge on any atom is 0.257 e. The first-order valence-electron chi connectivity index (χ1n) is 8.19. The number of hydrogen-bond donors (Lipinski definition) is 0. The summed E-state index contributed by atoms with van der Waals surface area (Å²) in [6.45, 7) is 2.35. The van der Waals surface area contributed by atoms with Crippen LogP contribution in [-0.2, 0) is 0 Å². The van der Waals surface area contributed by atoms with E-state index in [-0.39, 0.29) is 16.9 Å². The molecule has 0 N–H and O–H groups in total. The van der Waals surface area contributed by atoms with Gasteiger partial charge in [0, 0.05) is 50.0 Å². The molecule has 26 heavy (non-hydrogen) atoms. The Bertz CT molecular complexity index is 960. The highest BCUT2D eigenvalue weighted by Crippen LogP contribution is 2.23. The van der Waals surface area contributed by atoms with Crippen molar-refractivity contribution in [3.8, 4) is 0 Å². The number of aromatic nitrogens is 3. The van der Waals surface area contributed by atoms with E-state index in [9.17, 15) is 9.18 Å². The standard InChI is InChI=1S/C18H15ClFN5O/c19-16-14(10-12-2-3-13(20)11-15(12)23-16)17(26)24-6-8-25(9-7-24)18-21-4-1-5-22-18/h1-5,10-11H,6-9H2. The first-order chi connectivity index (χ1) is 12.6. The third-order valence-corrected chi connectivity index (χ3v) is 4.65. The minimum absolute atomic E-state index is 0.0851. The molecule has 0 radical (unpaired) electrons. The van der Waals surface area contributed by atoms with Crippen LogP contribution in [0.5, 0.6) is 0 Å². The maximum atomic E-state index is 13.3. The lowest BCUT2D eigenvalue weighted by molar-refractivity contribution is 0.0746. The molecule has 1 saturated heterocycles. The summed E-state index contributed by atoms with van der Waals surface area (Å²) in [5.74, 6) is 0.0915. The molecule has 1 amide bonds. The summed E-state index contributed by atoms with van der Waals surface area (Å²) in [5.41, 5.74) is 0.757. The number of hydrogen-bond acceptors (Lipinski definition) is 5. The largest absolute Gasteiger partial charge is 0.337 e. The van der Waals surface area contributed by atoms with Crippen LogP contribution in [0.3, 0.4) is 0 Å². The van der Waals surface area contributed by atoms with Gasteiger partial charge in [-0.15, -0.1) is 0 Å². The summed E-state index contributed by atoms with van der Waals surface area (Å²) in [7, 11) is 0. The van der Waals surface area contributed by atoms with Crippen LogP contribution in [0.1, 0.15) is 10.4 Å². The number of anilines is 1. The van der Waals surface area contributed by atoms with E-state index in [4.69, 9.17) is 11.6 Å². The third kappa shape index (κ3) is 3.17. The molecule has 0 aliphatic carbocycles. The Morgan fingerprint density at radius 1 is 1.08 bits per heavy atom. The minimum atomic E-state index is -0.389. The molecule has 0 unspecified atom stereocenters.